The zero-order chi connectivity index (χ0) is 34.9. The van der Waals surface area contributed by atoms with Gasteiger partial charge in [0, 0.05) is 43.8 Å². The van der Waals surface area contributed by atoms with Gasteiger partial charge in [-0.2, -0.15) is 0 Å². The largest absolute Gasteiger partial charge is 0.456 e. The van der Waals surface area contributed by atoms with E-state index in [1.54, 1.807) is 0 Å². The van der Waals surface area contributed by atoms with Gasteiger partial charge in [0.25, 0.3) is 0 Å². The quantitative estimate of drug-likeness (QED) is 0.174. The van der Waals surface area contributed by atoms with Crippen molar-refractivity contribution in [1.29, 1.82) is 0 Å². The third-order valence-electron chi connectivity index (χ3n) is 10.3. The summed E-state index contributed by atoms with van der Waals surface area (Å²) in [5.74, 6) is 1.80. The summed E-state index contributed by atoms with van der Waals surface area (Å²) in [7, 11) is 0. The molecule has 0 saturated carbocycles. The van der Waals surface area contributed by atoms with Crippen molar-refractivity contribution in [3.05, 3.63) is 170 Å². The first-order valence-corrected chi connectivity index (χ1v) is 17.7. The van der Waals surface area contributed by atoms with E-state index in [1.165, 1.54) is 26.9 Å². The van der Waals surface area contributed by atoms with Crippen molar-refractivity contribution in [1.82, 2.24) is 19.9 Å². The summed E-state index contributed by atoms with van der Waals surface area (Å²) < 4.78 is 6.25. The lowest BCUT2D eigenvalue weighted by molar-refractivity contribution is 0.669. The number of rotatable bonds is 4. The zero-order valence-corrected chi connectivity index (χ0v) is 28.4. The van der Waals surface area contributed by atoms with Crippen LogP contribution in [0.2, 0.25) is 0 Å². The van der Waals surface area contributed by atoms with E-state index in [0.29, 0.717) is 17.5 Å². The average molecular weight is 677 g/mol. The van der Waals surface area contributed by atoms with Crippen LogP contribution in [0.1, 0.15) is 0 Å². The summed E-state index contributed by atoms with van der Waals surface area (Å²) >= 11 is 0. The predicted octanol–water partition coefficient (Wildman–Crippen LogP) is 12.4. The maximum absolute atomic E-state index is 6.25. The lowest BCUT2D eigenvalue weighted by Crippen LogP contribution is -2.00. The number of aromatic nitrogens is 4. The molecular weight excluding hydrogens is 649 g/mol. The summed E-state index contributed by atoms with van der Waals surface area (Å²) in [6.45, 7) is 0. The van der Waals surface area contributed by atoms with Gasteiger partial charge in [-0.05, 0) is 51.2 Å². The van der Waals surface area contributed by atoms with Crippen LogP contribution < -0.4 is 0 Å². The first kappa shape index (κ1) is 29.5. The Kier molecular flexibility index (Phi) is 6.48. The molecule has 0 aliphatic heterocycles. The van der Waals surface area contributed by atoms with Crippen LogP contribution in [-0.2, 0) is 0 Å². The van der Waals surface area contributed by atoms with Crippen molar-refractivity contribution in [2.75, 3.05) is 0 Å². The monoisotopic (exact) mass is 676 g/mol. The highest BCUT2D eigenvalue weighted by Gasteiger charge is 2.19. The molecule has 0 fully saturated rings. The first-order valence-electron chi connectivity index (χ1n) is 17.7. The standard InChI is InChI=1S/C48H28N4O/c1-2-12-33-28-34(25-20-29(33)10-1)47-50-46(51-48(52-47)39-17-9-19-42-44(39)38-16-7-8-18-41(38)53-42)32-23-21-31(22-24-32)45-37-15-6-5-14-36(37)43-35-13-4-3-11-30(35)26-27-40(43)49-45/h1-28H. The molecule has 0 bridgehead atoms. The molecule has 5 heteroatoms. The minimum atomic E-state index is 0.591. The summed E-state index contributed by atoms with van der Waals surface area (Å²) in [6, 6.07) is 58.7. The number of hydrogen-bond acceptors (Lipinski definition) is 5. The normalized spacial score (nSPS) is 11.8. The van der Waals surface area contributed by atoms with Gasteiger partial charge >= 0.3 is 0 Å². The maximum atomic E-state index is 6.25. The number of pyridine rings is 1. The van der Waals surface area contributed by atoms with Crippen molar-refractivity contribution in [3.8, 4) is 45.4 Å². The predicted molar refractivity (Wildman–Crippen MR) is 217 cm³/mol. The van der Waals surface area contributed by atoms with Crippen LogP contribution in [0.3, 0.4) is 0 Å². The Morgan fingerprint density at radius 1 is 0.340 bits per heavy atom. The van der Waals surface area contributed by atoms with Gasteiger partial charge in [-0.25, -0.2) is 19.9 Å². The van der Waals surface area contributed by atoms with Crippen molar-refractivity contribution in [3.63, 3.8) is 0 Å². The SMILES string of the molecule is c1ccc2cc(-c3nc(-c4ccc(-c5nc6ccc7ccccc7c6c6ccccc56)cc4)nc(-c4cccc5oc6ccccc6c45)n3)ccc2c1. The first-order chi connectivity index (χ1) is 26.2. The zero-order valence-electron chi connectivity index (χ0n) is 28.4. The Labute approximate surface area is 303 Å². The summed E-state index contributed by atoms with van der Waals surface area (Å²) in [5.41, 5.74) is 7.29. The van der Waals surface area contributed by atoms with E-state index in [9.17, 15) is 0 Å². The number of para-hydroxylation sites is 1. The molecule has 0 saturated heterocycles. The Bertz CT molecular complexity index is 3240. The molecule has 0 N–H and O–H groups in total. The Hall–Kier alpha value is -7.24. The molecule has 0 unspecified atom stereocenters. The fraction of sp³-hybridized carbons (Fsp3) is 0. The van der Waals surface area contributed by atoms with E-state index in [4.69, 9.17) is 24.4 Å². The second-order valence-corrected chi connectivity index (χ2v) is 13.4. The number of furan rings is 1. The summed E-state index contributed by atoms with van der Waals surface area (Å²) in [4.78, 5) is 20.6. The summed E-state index contributed by atoms with van der Waals surface area (Å²) in [6.07, 6.45) is 0. The van der Waals surface area contributed by atoms with Crippen LogP contribution in [-0.4, -0.2) is 19.9 Å². The summed E-state index contributed by atoms with van der Waals surface area (Å²) in [5, 5.41) is 10.2. The number of benzene rings is 8. The van der Waals surface area contributed by atoms with Gasteiger partial charge in [-0.1, -0.05) is 146 Å². The topological polar surface area (TPSA) is 64.7 Å². The molecule has 11 aromatic rings. The molecule has 11 rings (SSSR count). The van der Waals surface area contributed by atoms with Gasteiger partial charge in [0.1, 0.15) is 11.2 Å². The van der Waals surface area contributed by atoms with Crippen LogP contribution in [0.25, 0.3) is 111 Å². The third kappa shape index (κ3) is 4.79. The van der Waals surface area contributed by atoms with E-state index in [0.717, 1.165) is 66.2 Å². The molecule has 0 spiro atoms. The van der Waals surface area contributed by atoms with E-state index >= 15 is 0 Å². The maximum Gasteiger partial charge on any atom is 0.164 e. The Morgan fingerprint density at radius 3 is 1.79 bits per heavy atom. The van der Waals surface area contributed by atoms with Gasteiger partial charge < -0.3 is 4.42 Å². The van der Waals surface area contributed by atoms with Gasteiger partial charge in [-0.3, -0.25) is 0 Å². The molecule has 8 aromatic carbocycles. The third-order valence-corrected chi connectivity index (χ3v) is 10.3. The fourth-order valence-electron chi connectivity index (χ4n) is 7.77. The Balaban J connectivity index is 1.09. The van der Waals surface area contributed by atoms with Crippen molar-refractivity contribution < 1.29 is 4.42 Å². The highest BCUT2D eigenvalue weighted by Crippen LogP contribution is 2.39. The molecular formula is C48H28N4O. The van der Waals surface area contributed by atoms with Crippen molar-refractivity contribution in [2.45, 2.75) is 0 Å². The molecule has 3 aromatic heterocycles. The highest BCUT2D eigenvalue weighted by atomic mass is 16.3. The number of fused-ring (bicyclic) bond motifs is 9. The van der Waals surface area contributed by atoms with Crippen LogP contribution in [0.15, 0.2) is 174 Å². The smallest absolute Gasteiger partial charge is 0.164 e. The van der Waals surface area contributed by atoms with E-state index < -0.39 is 0 Å². The lowest BCUT2D eigenvalue weighted by Gasteiger charge is -2.13. The van der Waals surface area contributed by atoms with E-state index in [-0.39, 0.29) is 0 Å². The highest BCUT2D eigenvalue weighted by molar-refractivity contribution is 6.21. The molecule has 53 heavy (non-hydrogen) atoms. The molecule has 0 aliphatic rings. The molecule has 0 atom stereocenters. The molecule has 0 aliphatic carbocycles. The van der Waals surface area contributed by atoms with Gasteiger partial charge in [0.15, 0.2) is 17.5 Å². The van der Waals surface area contributed by atoms with Gasteiger partial charge in [-0.15, -0.1) is 0 Å². The van der Waals surface area contributed by atoms with Crippen LogP contribution in [0.4, 0.5) is 0 Å². The molecule has 246 valence electrons. The molecule has 3 heterocycles. The minimum absolute atomic E-state index is 0.591. The van der Waals surface area contributed by atoms with Crippen LogP contribution >= 0.6 is 0 Å². The minimum Gasteiger partial charge on any atom is -0.456 e. The Morgan fingerprint density at radius 2 is 0.943 bits per heavy atom. The second kappa shape index (κ2) is 11.7. The van der Waals surface area contributed by atoms with Gasteiger partial charge in [0.2, 0.25) is 0 Å². The van der Waals surface area contributed by atoms with Crippen molar-refractivity contribution >= 4 is 65.2 Å². The van der Waals surface area contributed by atoms with Crippen LogP contribution in [0, 0.1) is 0 Å². The lowest BCUT2D eigenvalue weighted by atomic mass is 9.96. The molecule has 0 amide bonds. The fourth-order valence-corrected chi connectivity index (χ4v) is 7.77. The number of nitrogens with zero attached hydrogens (tertiary/aromatic N) is 4. The van der Waals surface area contributed by atoms with Crippen molar-refractivity contribution in [2.24, 2.45) is 0 Å². The van der Waals surface area contributed by atoms with E-state index in [1.807, 2.05) is 30.3 Å². The molecule has 5 nitrogen and oxygen atoms in total. The molecule has 0 radical (unpaired) electrons. The van der Waals surface area contributed by atoms with E-state index in [2.05, 4.69) is 140 Å². The number of hydrogen-bond donors (Lipinski definition) is 0. The van der Waals surface area contributed by atoms with Gasteiger partial charge in [0.05, 0.1) is 11.2 Å². The average Bonchev–Trinajstić information content (AvgIpc) is 3.62. The van der Waals surface area contributed by atoms with Crippen LogP contribution in [0.5, 0.6) is 0 Å². The second-order valence-electron chi connectivity index (χ2n) is 13.4.